The fraction of sp³-hybridized carbons (Fsp3) is 0.786. The Bertz CT molecular complexity index is 491. The van der Waals surface area contributed by atoms with Crippen LogP contribution in [-0.2, 0) is 20.7 Å². The molecule has 0 unspecified atom stereocenters. The number of tetrazole rings is 1. The number of hydrogen-bond donors (Lipinski definition) is 4. The van der Waals surface area contributed by atoms with Crippen LogP contribution in [0.5, 0.6) is 0 Å². The molecule has 10 heteroatoms. The first-order valence-electron chi connectivity index (χ1n) is 7.92. The molecule has 0 aromatic carbocycles. The summed E-state index contributed by atoms with van der Waals surface area (Å²) in [5.74, 6) is -0.0701. The Morgan fingerprint density at radius 1 is 1.46 bits per heavy atom. The summed E-state index contributed by atoms with van der Waals surface area (Å²) in [6.45, 7) is 1.70. The van der Waals surface area contributed by atoms with Gasteiger partial charge in [-0.1, -0.05) is 5.21 Å². The van der Waals surface area contributed by atoms with E-state index in [0.29, 0.717) is 25.2 Å². The SMILES string of the molecule is CC(=O)O.CO[C@@H]1C[C@@H](C(=O)NCCCc2nn[nH]n2)CC[C@H]1N. The van der Waals surface area contributed by atoms with Crippen LogP contribution < -0.4 is 11.1 Å². The molecule has 136 valence electrons. The van der Waals surface area contributed by atoms with Crippen molar-refractivity contribution < 1.29 is 19.4 Å². The molecule has 2 rings (SSSR count). The van der Waals surface area contributed by atoms with Gasteiger partial charge in [-0.05, 0) is 25.7 Å². The second-order valence-electron chi connectivity index (χ2n) is 5.69. The van der Waals surface area contributed by atoms with Gasteiger partial charge >= 0.3 is 0 Å². The lowest BCUT2D eigenvalue weighted by molar-refractivity contribution is -0.134. The van der Waals surface area contributed by atoms with Crippen molar-refractivity contribution in [2.75, 3.05) is 13.7 Å². The first-order valence-corrected chi connectivity index (χ1v) is 7.92. The van der Waals surface area contributed by atoms with Crippen molar-refractivity contribution >= 4 is 11.9 Å². The second kappa shape index (κ2) is 10.7. The molecular weight excluding hydrogens is 316 g/mol. The van der Waals surface area contributed by atoms with E-state index in [1.54, 1.807) is 7.11 Å². The number of amides is 1. The van der Waals surface area contributed by atoms with Gasteiger partial charge in [0.2, 0.25) is 5.91 Å². The maximum atomic E-state index is 12.1. The predicted molar refractivity (Wildman–Crippen MR) is 84.9 cm³/mol. The molecule has 0 aliphatic heterocycles. The Morgan fingerprint density at radius 2 is 2.17 bits per heavy atom. The van der Waals surface area contributed by atoms with Gasteiger partial charge in [0, 0.05) is 39.0 Å². The van der Waals surface area contributed by atoms with Crippen molar-refractivity contribution in [3.05, 3.63) is 5.82 Å². The number of nitrogens with zero attached hydrogens (tertiary/aromatic N) is 3. The van der Waals surface area contributed by atoms with Gasteiger partial charge in [0.15, 0.2) is 5.82 Å². The van der Waals surface area contributed by atoms with Crippen LogP contribution in [0.1, 0.15) is 38.4 Å². The number of nitrogens with one attached hydrogen (secondary N) is 2. The number of aliphatic carboxylic acids is 1. The minimum Gasteiger partial charge on any atom is -0.481 e. The van der Waals surface area contributed by atoms with Crippen LogP contribution >= 0.6 is 0 Å². The number of hydrogen-bond acceptors (Lipinski definition) is 7. The molecule has 1 aliphatic rings. The van der Waals surface area contributed by atoms with Crippen LogP contribution in [0, 0.1) is 5.92 Å². The van der Waals surface area contributed by atoms with E-state index in [1.807, 2.05) is 0 Å². The Hall–Kier alpha value is -2.07. The number of carboxylic acid groups (broad SMARTS) is 1. The predicted octanol–water partition coefficient (Wildman–Crippen LogP) is -0.518. The molecule has 1 saturated carbocycles. The lowest BCUT2D eigenvalue weighted by atomic mass is 9.83. The molecule has 1 aromatic heterocycles. The summed E-state index contributed by atoms with van der Waals surface area (Å²) in [5.41, 5.74) is 5.95. The summed E-state index contributed by atoms with van der Waals surface area (Å²) in [5, 5.41) is 24.0. The summed E-state index contributed by atoms with van der Waals surface area (Å²) in [7, 11) is 1.65. The number of aromatic amines is 1. The number of rotatable bonds is 6. The largest absolute Gasteiger partial charge is 0.481 e. The van der Waals surface area contributed by atoms with Gasteiger partial charge in [0.25, 0.3) is 5.97 Å². The number of carbonyl (C=O) groups excluding carboxylic acids is 1. The molecule has 0 saturated heterocycles. The maximum absolute atomic E-state index is 12.1. The molecule has 1 amide bonds. The topological polar surface area (TPSA) is 156 Å². The van der Waals surface area contributed by atoms with Gasteiger partial charge in [0.05, 0.1) is 6.10 Å². The van der Waals surface area contributed by atoms with Crippen LogP contribution in [0.3, 0.4) is 0 Å². The lowest BCUT2D eigenvalue weighted by Crippen LogP contribution is -2.45. The highest BCUT2D eigenvalue weighted by Crippen LogP contribution is 2.25. The van der Waals surface area contributed by atoms with E-state index in [0.717, 1.165) is 26.2 Å². The van der Waals surface area contributed by atoms with E-state index in [2.05, 4.69) is 25.9 Å². The van der Waals surface area contributed by atoms with Gasteiger partial charge < -0.3 is 20.9 Å². The molecule has 3 atom stereocenters. The fourth-order valence-corrected chi connectivity index (χ4v) is 2.55. The molecule has 10 nitrogen and oxygen atoms in total. The highest BCUT2D eigenvalue weighted by atomic mass is 16.5. The number of carboxylic acids is 1. The summed E-state index contributed by atoms with van der Waals surface area (Å²) in [6.07, 6.45) is 3.85. The number of ether oxygens (including phenoxy) is 1. The molecule has 0 bridgehead atoms. The summed E-state index contributed by atoms with van der Waals surface area (Å²) < 4.78 is 5.33. The molecule has 0 radical (unpaired) electrons. The van der Waals surface area contributed by atoms with Gasteiger partial charge in [-0.2, -0.15) is 5.21 Å². The van der Waals surface area contributed by atoms with Crippen LogP contribution in [0.15, 0.2) is 0 Å². The van der Waals surface area contributed by atoms with Crippen LogP contribution in [-0.4, -0.2) is 63.4 Å². The Kier molecular flexibility index (Phi) is 8.87. The first-order chi connectivity index (χ1) is 11.4. The Labute approximate surface area is 140 Å². The van der Waals surface area contributed by atoms with E-state index in [-0.39, 0.29) is 24.0 Å². The number of carbonyl (C=O) groups is 2. The molecule has 1 aliphatic carbocycles. The molecule has 5 N–H and O–H groups in total. The zero-order valence-electron chi connectivity index (χ0n) is 14.1. The van der Waals surface area contributed by atoms with Crippen molar-refractivity contribution in [3.63, 3.8) is 0 Å². The summed E-state index contributed by atoms with van der Waals surface area (Å²) >= 11 is 0. The van der Waals surface area contributed by atoms with Crippen LogP contribution in [0.4, 0.5) is 0 Å². The minimum atomic E-state index is -0.833. The van der Waals surface area contributed by atoms with Gasteiger partial charge in [-0.3, -0.25) is 9.59 Å². The van der Waals surface area contributed by atoms with Crippen molar-refractivity contribution in [1.29, 1.82) is 0 Å². The molecule has 1 heterocycles. The van der Waals surface area contributed by atoms with Gasteiger partial charge in [-0.25, -0.2) is 0 Å². The van der Waals surface area contributed by atoms with Gasteiger partial charge in [0.1, 0.15) is 0 Å². The van der Waals surface area contributed by atoms with E-state index >= 15 is 0 Å². The monoisotopic (exact) mass is 342 g/mol. The quantitative estimate of drug-likeness (QED) is 0.503. The standard InChI is InChI=1S/C12H22N6O2.C2H4O2/c1-20-10-7-8(4-5-9(10)13)12(19)14-6-2-3-11-15-17-18-16-11;1-2(3)4/h8-10H,2-7,13H2,1H3,(H,14,19)(H,15,16,17,18);1H3,(H,3,4)/t8-,9+,10+;/m0./s1. The van der Waals surface area contributed by atoms with Crippen molar-refractivity contribution in [3.8, 4) is 0 Å². The van der Waals surface area contributed by atoms with E-state index in [1.165, 1.54) is 0 Å². The van der Waals surface area contributed by atoms with Crippen LogP contribution in [0.25, 0.3) is 0 Å². The highest BCUT2D eigenvalue weighted by Gasteiger charge is 2.31. The summed E-state index contributed by atoms with van der Waals surface area (Å²) in [4.78, 5) is 21.1. The van der Waals surface area contributed by atoms with E-state index < -0.39 is 5.97 Å². The average Bonchev–Trinajstić information content (AvgIpc) is 3.04. The number of H-pyrrole nitrogens is 1. The molecule has 0 spiro atoms. The Balaban J connectivity index is 0.000000648. The molecule has 1 fully saturated rings. The van der Waals surface area contributed by atoms with Crippen molar-refractivity contribution in [1.82, 2.24) is 25.9 Å². The molecular formula is C14H26N6O4. The zero-order chi connectivity index (χ0) is 17.9. The normalized spacial score (nSPS) is 23.0. The number of methoxy groups -OCH3 is 1. The zero-order valence-corrected chi connectivity index (χ0v) is 14.1. The number of aromatic nitrogens is 4. The third-order valence-electron chi connectivity index (χ3n) is 3.78. The fourth-order valence-electron chi connectivity index (χ4n) is 2.55. The number of aryl methyl sites for hydroxylation is 1. The molecule has 24 heavy (non-hydrogen) atoms. The summed E-state index contributed by atoms with van der Waals surface area (Å²) in [6, 6.07) is 0.0438. The number of nitrogens with two attached hydrogens (primary N) is 1. The lowest BCUT2D eigenvalue weighted by Gasteiger charge is -2.32. The van der Waals surface area contributed by atoms with Crippen LogP contribution in [0.2, 0.25) is 0 Å². The van der Waals surface area contributed by atoms with E-state index in [9.17, 15) is 4.79 Å². The Morgan fingerprint density at radius 3 is 2.75 bits per heavy atom. The average molecular weight is 342 g/mol. The highest BCUT2D eigenvalue weighted by molar-refractivity contribution is 5.78. The van der Waals surface area contributed by atoms with Crippen molar-refractivity contribution in [2.45, 2.75) is 51.2 Å². The molecule has 1 aromatic rings. The maximum Gasteiger partial charge on any atom is 0.300 e. The smallest absolute Gasteiger partial charge is 0.300 e. The van der Waals surface area contributed by atoms with E-state index in [4.69, 9.17) is 20.4 Å². The first kappa shape index (κ1) is 20.0. The van der Waals surface area contributed by atoms with Gasteiger partial charge in [-0.15, -0.1) is 10.2 Å². The van der Waals surface area contributed by atoms with Crippen molar-refractivity contribution in [2.24, 2.45) is 11.7 Å². The third kappa shape index (κ3) is 7.47. The third-order valence-corrected chi connectivity index (χ3v) is 3.78. The minimum absolute atomic E-state index is 0.00456. The second-order valence-corrected chi connectivity index (χ2v) is 5.69.